The molecule has 0 N–H and O–H groups in total. The predicted molar refractivity (Wildman–Crippen MR) is 117 cm³/mol. The molecule has 0 aliphatic heterocycles. The van der Waals surface area contributed by atoms with Crippen molar-refractivity contribution in [1.82, 2.24) is 4.57 Å². The fourth-order valence-electron chi connectivity index (χ4n) is 3.49. The smallest absolute Gasteiger partial charge is 0.416 e. The predicted octanol–water partition coefficient (Wildman–Crippen LogP) is 6.76. The maximum absolute atomic E-state index is 13.2. The summed E-state index contributed by atoms with van der Waals surface area (Å²) in [4.78, 5) is 12.4. The van der Waals surface area contributed by atoms with Gasteiger partial charge >= 0.3 is 12.1 Å². The second-order valence-electron chi connectivity index (χ2n) is 8.76. The van der Waals surface area contributed by atoms with Crippen molar-refractivity contribution in [2.24, 2.45) is 0 Å². The molecule has 0 atom stereocenters. The highest BCUT2D eigenvalue weighted by molar-refractivity contribution is 5.97. The van der Waals surface area contributed by atoms with Gasteiger partial charge in [-0.15, -0.1) is 0 Å². The summed E-state index contributed by atoms with van der Waals surface area (Å²) in [7, 11) is 0. The van der Waals surface area contributed by atoms with Gasteiger partial charge in [0.05, 0.1) is 5.56 Å². The van der Waals surface area contributed by atoms with Crippen molar-refractivity contribution in [3.05, 3.63) is 76.5 Å². The number of para-hydroxylation sites is 1. The number of fused-ring (bicyclic) bond motifs is 1. The Hall–Kier alpha value is -3.02. The molecule has 6 heteroatoms. The average Bonchev–Trinajstić information content (AvgIpc) is 2.97. The largest absolute Gasteiger partial charge is 0.457 e. The summed E-state index contributed by atoms with van der Waals surface area (Å²) >= 11 is 0. The van der Waals surface area contributed by atoms with Gasteiger partial charge in [0.15, 0.2) is 0 Å². The maximum atomic E-state index is 13.2. The van der Waals surface area contributed by atoms with E-state index in [-0.39, 0.29) is 6.54 Å². The van der Waals surface area contributed by atoms with E-state index in [0.29, 0.717) is 16.7 Å². The molecule has 0 aliphatic rings. The van der Waals surface area contributed by atoms with Gasteiger partial charge in [0.2, 0.25) is 0 Å². The quantitative estimate of drug-likeness (QED) is 0.339. The topological polar surface area (TPSA) is 31.2 Å². The third-order valence-corrected chi connectivity index (χ3v) is 4.73. The minimum atomic E-state index is -4.39. The summed E-state index contributed by atoms with van der Waals surface area (Å²) in [6.45, 7) is 9.05. The van der Waals surface area contributed by atoms with Gasteiger partial charge in [-0.1, -0.05) is 29.8 Å². The number of benzene rings is 2. The molecule has 0 aliphatic carbocycles. The zero-order valence-corrected chi connectivity index (χ0v) is 18.3. The van der Waals surface area contributed by atoms with Gasteiger partial charge in [0.25, 0.3) is 0 Å². The van der Waals surface area contributed by atoms with Crippen LogP contribution in [-0.4, -0.2) is 16.1 Å². The normalized spacial score (nSPS) is 13.0. The fraction of sp³-hybridized carbons (Fsp3) is 0.320. The first-order valence-corrected chi connectivity index (χ1v) is 10.0. The van der Waals surface area contributed by atoms with E-state index in [2.05, 4.69) is 0 Å². The van der Waals surface area contributed by atoms with E-state index in [9.17, 15) is 18.0 Å². The Bertz CT molecular complexity index is 1150. The van der Waals surface area contributed by atoms with E-state index in [1.54, 1.807) is 46.8 Å². The van der Waals surface area contributed by atoms with Crippen LogP contribution < -0.4 is 0 Å². The molecule has 0 radical (unpaired) electrons. The lowest BCUT2D eigenvalue weighted by Crippen LogP contribution is -2.24. The van der Waals surface area contributed by atoms with Crippen molar-refractivity contribution < 1.29 is 22.7 Å². The number of ether oxygens (including phenoxy) is 1. The first kappa shape index (κ1) is 22.7. The van der Waals surface area contributed by atoms with Crippen LogP contribution in [0.25, 0.3) is 17.0 Å². The molecule has 0 unspecified atom stereocenters. The summed E-state index contributed by atoms with van der Waals surface area (Å²) < 4.78 is 47.0. The van der Waals surface area contributed by atoms with E-state index >= 15 is 0 Å². The SMILES string of the molecule is C/C(=C\c1cn(Cc2cc(C)cc(C(F)(F)F)c2)c2ccccc12)C(=O)OC(C)(C)C. The molecule has 0 spiro atoms. The van der Waals surface area contributed by atoms with Crippen LogP contribution in [0.3, 0.4) is 0 Å². The lowest BCUT2D eigenvalue weighted by molar-refractivity contribution is -0.149. The molecule has 0 saturated heterocycles. The first-order chi connectivity index (χ1) is 14.3. The molecule has 31 heavy (non-hydrogen) atoms. The van der Waals surface area contributed by atoms with Crippen molar-refractivity contribution in [2.75, 3.05) is 0 Å². The number of hydrogen-bond acceptors (Lipinski definition) is 2. The van der Waals surface area contributed by atoms with E-state index < -0.39 is 23.3 Å². The molecule has 3 rings (SSSR count). The van der Waals surface area contributed by atoms with Crippen molar-refractivity contribution in [2.45, 2.75) is 52.9 Å². The van der Waals surface area contributed by atoms with Crippen molar-refractivity contribution in [3.8, 4) is 0 Å². The number of carbonyl (C=O) groups is 1. The summed E-state index contributed by atoms with van der Waals surface area (Å²) in [6.07, 6.45) is -0.781. The summed E-state index contributed by atoms with van der Waals surface area (Å²) in [5.41, 5.74) is 2.01. The number of hydrogen-bond donors (Lipinski definition) is 0. The lowest BCUT2D eigenvalue weighted by Gasteiger charge is -2.19. The highest BCUT2D eigenvalue weighted by atomic mass is 19.4. The number of rotatable bonds is 4. The molecule has 1 heterocycles. The Morgan fingerprint density at radius 2 is 1.77 bits per heavy atom. The standard InChI is InChI=1S/C25H26F3NO2/c1-16-10-18(13-20(11-16)25(26,27)28)14-29-15-19(21-8-6-7-9-22(21)29)12-17(2)23(30)31-24(3,4)5/h6-13,15H,14H2,1-5H3/b17-12+. The maximum Gasteiger partial charge on any atom is 0.416 e. The van der Waals surface area contributed by atoms with Crippen LogP contribution in [0.2, 0.25) is 0 Å². The molecule has 0 fully saturated rings. The van der Waals surface area contributed by atoms with Crippen molar-refractivity contribution in [3.63, 3.8) is 0 Å². The van der Waals surface area contributed by atoms with E-state index in [1.165, 1.54) is 6.07 Å². The number of aryl methyl sites for hydroxylation is 1. The highest BCUT2D eigenvalue weighted by Gasteiger charge is 2.30. The molecule has 0 bridgehead atoms. The van der Waals surface area contributed by atoms with Gasteiger partial charge in [-0.3, -0.25) is 0 Å². The minimum absolute atomic E-state index is 0.282. The zero-order chi connectivity index (χ0) is 23.0. The van der Waals surface area contributed by atoms with Gasteiger partial charge in [-0.25, -0.2) is 4.79 Å². The van der Waals surface area contributed by atoms with Crippen LogP contribution in [0.5, 0.6) is 0 Å². The van der Waals surface area contributed by atoms with Crippen LogP contribution in [-0.2, 0) is 22.3 Å². The Morgan fingerprint density at radius 1 is 1.10 bits per heavy atom. The number of halogens is 3. The third-order valence-electron chi connectivity index (χ3n) is 4.73. The molecule has 164 valence electrons. The van der Waals surface area contributed by atoms with Crippen LogP contribution in [0.15, 0.2) is 54.2 Å². The van der Waals surface area contributed by atoms with Gasteiger partial charge in [-0.05, 0) is 64.5 Å². The number of alkyl halides is 3. The number of aromatic nitrogens is 1. The Morgan fingerprint density at radius 3 is 2.42 bits per heavy atom. The van der Waals surface area contributed by atoms with Crippen LogP contribution >= 0.6 is 0 Å². The molecule has 0 saturated carbocycles. The lowest BCUT2D eigenvalue weighted by atomic mass is 10.1. The second-order valence-corrected chi connectivity index (χ2v) is 8.76. The fourth-order valence-corrected chi connectivity index (χ4v) is 3.49. The molecule has 3 nitrogen and oxygen atoms in total. The number of esters is 1. The van der Waals surface area contributed by atoms with Gasteiger partial charge < -0.3 is 9.30 Å². The summed E-state index contributed by atoms with van der Waals surface area (Å²) in [5.74, 6) is -0.405. The van der Waals surface area contributed by atoms with Gasteiger partial charge in [0, 0.05) is 34.8 Å². The molecule has 2 aromatic carbocycles. The van der Waals surface area contributed by atoms with E-state index in [4.69, 9.17) is 4.74 Å². The monoisotopic (exact) mass is 429 g/mol. The van der Waals surface area contributed by atoms with Crippen LogP contribution in [0.1, 0.15) is 49.9 Å². The summed E-state index contributed by atoms with van der Waals surface area (Å²) in [6, 6.07) is 11.7. The molecule has 3 aromatic rings. The van der Waals surface area contributed by atoms with Crippen LogP contribution in [0, 0.1) is 6.92 Å². The average molecular weight is 429 g/mol. The number of carbonyl (C=O) groups excluding carboxylic acids is 1. The Labute approximate surface area is 180 Å². The Kier molecular flexibility index (Phi) is 6.03. The molecular weight excluding hydrogens is 403 g/mol. The van der Waals surface area contributed by atoms with E-state index in [1.807, 2.05) is 35.0 Å². The van der Waals surface area contributed by atoms with Crippen molar-refractivity contribution in [1.29, 1.82) is 0 Å². The highest BCUT2D eigenvalue weighted by Crippen LogP contribution is 2.31. The first-order valence-electron chi connectivity index (χ1n) is 10.0. The number of nitrogens with zero attached hydrogens (tertiary/aromatic N) is 1. The van der Waals surface area contributed by atoms with E-state index in [0.717, 1.165) is 22.5 Å². The van der Waals surface area contributed by atoms with Crippen molar-refractivity contribution >= 4 is 22.9 Å². The minimum Gasteiger partial charge on any atom is -0.457 e. The third kappa shape index (κ3) is 5.57. The second kappa shape index (κ2) is 8.25. The Balaban J connectivity index is 2.00. The molecular formula is C25H26F3NO2. The van der Waals surface area contributed by atoms with Crippen LogP contribution in [0.4, 0.5) is 13.2 Å². The van der Waals surface area contributed by atoms with Gasteiger partial charge in [-0.2, -0.15) is 13.2 Å². The van der Waals surface area contributed by atoms with Gasteiger partial charge in [0.1, 0.15) is 5.60 Å². The summed E-state index contributed by atoms with van der Waals surface area (Å²) in [5, 5.41) is 0.911. The molecule has 1 aromatic heterocycles. The molecule has 0 amide bonds. The zero-order valence-electron chi connectivity index (χ0n) is 18.3.